The van der Waals surface area contributed by atoms with Crippen molar-refractivity contribution in [2.45, 2.75) is 13.5 Å². The lowest BCUT2D eigenvalue weighted by atomic mass is 10.1. The van der Waals surface area contributed by atoms with Crippen LogP contribution in [0.3, 0.4) is 0 Å². The van der Waals surface area contributed by atoms with Crippen LogP contribution < -0.4 is 15.0 Å². The van der Waals surface area contributed by atoms with E-state index in [1.165, 1.54) is 6.08 Å². The predicted octanol–water partition coefficient (Wildman–Crippen LogP) is 3.37. The number of halogens is 1. The Kier molecular flexibility index (Phi) is 4.75. The van der Waals surface area contributed by atoms with Crippen LogP contribution >= 0.6 is 11.6 Å². The molecule has 2 aromatic carbocycles. The molecule has 0 spiro atoms. The van der Waals surface area contributed by atoms with E-state index in [1.807, 2.05) is 13.0 Å². The molecule has 0 radical (unpaired) electrons. The minimum absolute atomic E-state index is 0.112. The lowest BCUT2D eigenvalue weighted by Gasteiger charge is -2.05. The summed E-state index contributed by atoms with van der Waals surface area (Å²) in [6.45, 7) is 1.83. The molecule has 2 heterocycles. The second kappa shape index (κ2) is 7.36. The third-order valence-corrected chi connectivity index (χ3v) is 4.48. The first-order valence-corrected chi connectivity index (χ1v) is 8.81. The maximum atomic E-state index is 12.1. The second-order valence-corrected chi connectivity index (χ2v) is 6.57. The van der Waals surface area contributed by atoms with Crippen LogP contribution in [0.4, 0.5) is 0 Å². The molecule has 7 nitrogen and oxygen atoms in total. The number of aromatic nitrogens is 2. The number of aromatic amines is 1. The van der Waals surface area contributed by atoms with Crippen LogP contribution in [0, 0.1) is 6.92 Å². The molecule has 3 aromatic rings. The Balaban J connectivity index is 1.46. The fourth-order valence-electron chi connectivity index (χ4n) is 2.86. The van der Waals surface area contributed by atoms with Gasteiger partial charge in [0.25, 0.3) is 5.56 Å². The fraction of sp³-hybridized carbons (Fsp3) is 0.150. The van der Waals surface area contributed by atoms with E-state index in [0.717, 1.165) is 5.56 Å². The van der Waals surface area contributed by atoms with Gasteiger partial charge in [-0.2, -0.15) is 0 Å². The topological polar surface area (TPSA) is 90.5 Å². The lowest BCUT2D eigenvalue weighted by Crippen LogP contribution is -2.14. The number of carbonyl (C=O) groups is 1. The first-order valence-electron chi connectivity index (χ1n) is 8.44. The van der Waals surface area contributed by atoms with Crippen LogP contribution in [0.25, 0.3) is 17.0 Å². The minimum atomic E-state index is -0.582. The highest BCUT2D eigenvalue weighted by molar-refractivity contribution is 6.32. The van der Waals surface area contributed by atoms with Crippen molar-refractivity contribution >= 4 is 34.5 Å². The molecule has 1 aliphatic rings. The molecule has 0 bridgehead atoms. The molecule has 0 aliphatic carbocycles. The quantitative estimate of drug-likeness (QED) is 0.535. The molecule has 0 amide bonds. The number of nitrogens with one attached hydrogen (secondary N) is 1. The summed E-state index contributed by atoms with van der Waals surface area (Å²) >= 11 is 6.11. The maximum absolute atomic E-state index is 12.1. The van der Waals surface area contributed by atoms with Crippen LogP contribution in [0.5, 0.6) is 11.5 Å². The van der Waals surface area contributed by atoms with Gasteiger partial charge in [0.1, 0.15) is 12.4 Å². The van der Waals surface area contributed by atoms with E-state index in [1.54, 1.807) is 30.3 Å². The molecule has 1 aliphatic heterocycles. The zero-order valence-corrected chi connectivity index (χ0v) is 15.6. The van der Waals surface area contributed by atoms with E-state index in [9.17, 15) is 9.59 Å². The molecule has 142 valence electrons. The number of fused-ring (bicyclic) bond motifs is 2. The molecule has 1 N–H and O–H groups in total. The maximum Gasteiger partial charge on any atom is 0.331 e. The third kappa shape index (κ3) is 3.57. The Labute approximate surface area is 164 Å². The SMILES string of the molecule is Cc1cccc2c(=O)[nH]c(COC(=O)C=Cc3cc(Cl)c4c(c3)OCO4)nc12. The fourth-order valence-corrected chi connectivity index (χ4v) is 3.13. The Morgan fingerprint density at radius 3 is 3.07 bits per heavy atom. The van der Waals surface area contributed by atoms with Crippen molar-refractivity contribution in [3.8, 4) is 11.5 Å². The lowest BCUT2D eigenvalue weighted by molar-refractivity contribution is -0.139. The average Bonchev–Trinajstić information content (AvgIpc) is 3.15. The van der Waals surface area contributed by atoms with Gasteiger partial charge in [-0.25, -0.2) is 9.78 Å². The van der Waals surface area contributed by atoms with Gasteiger partial charge in [0, 0.05) is 6.08 Å². The van der Waals surface area contributed by atoms with Crippen molar-refractivity contribution in [3.63, 3.8) is 0 Å². The Morgan fingerprint density at radius 2 is 2.21 bits per heavy atom. The number of nitrogens with zero attached hydrogens (tertiary/aromatic N) is 1. The van der Waals surface area contributed by atoms with Gasteiger partial charge in [-0.15, -0.1) is 0 Å². The largest absolute Gasteiger partial charge is 0.454 e. The number of ether oxygens (including phenoxy) is 3. The van der Waals surface area contributed by atoms with E-state index >= 15 is 0 Å². The number of benzene rings is 2. The molecule has 0 fully saturated rings. The second-order valence-electron chi connectivity index (χ2n) is 6.16. The number of H-pyrrole nitrogens is 1. The van der Waals surface area contributed by atoms with Gasteiger partial charge in [0.2, 0.25) is 6.79 Å². The van der Waals surface area contributed by atoms with Crippen molar-refractivity contribution in [1.82, 2.24) is 9.97 Å². The number of aryl methyl sites for hydroxylation is 1. The van der Waals surface area contributed by atoms with Crippen LogP contribution in [0.2, 0.25) is 5.02 Å². The van der Waals surface area contributed by atoms with Crippen molar-refractivity contribution in [2.24, 2.45) is 0 Å². The van der Waals surface area contributed by atoms with Gasteiger partial charge in [0.05, 0.1) is 15.9 Å². The molecule has 0 saturated heterocycles. The van der Waals surface area contributed by atoms with Crippen molar-refractivity contribution in [3.05, 3.63) is 68.7 Å². The number of hydrogen-bond acceptors (Lipinski definition) is 6. The number of rotatable bonds is 4. The van der Waals surface area contributed by atoms with Crippen molar-refractivity contribution < 1.29 is 19.0 Å². The summed E-state index contributed by atoms with van der Waals surface area (Å²) < 4.78 is 15.7. The molecule has 1 aromatic heterocycles. The molecule has 28 heavy (non-hydrogen) atoms. The van der Waals surface area contributed by atoms with Crippen LogP contribution in [-0.4, -0.2) is 22.7 Å². The van der Waals surface area contributed by atoms with Gasteiger partial charge in [0.15, 0.2) is 11.5 Å². The summed E-state index contributed by atoms with van der Waals surface area (Å²) in [7, 11) is 0. The summed E-state index contributed by atoms with van der Waals surface area (Å²) in [5.41, 5.74) is 1.85. The van der Waals surface area contributed by atoms with E-state index in [4.69, 9.17) is 25.8 Å². The highest BCUT2D eigenvalue weighted by Gasteiger charge is 2.17. The minimum Gasteiger partial charge on any atom is -0.454 e. The zero-order chi connectivity index (χ0) is 19.7. The Hall–Kier alpha value is -3.32. The molecule has 4 rings (SSSR count). The van der Waals surface area contributed by atoms with Crippen LogP contribution in [0.1, 0.15) is 17.0 Å². The summed E-state index contributed by atoms with van der Waals surface area (Å²) in [6.07, 6.45) is 2.81. The number of para-hydroxylation sites is 1. The van der Waals surface area contributed by atoms with Crippen molar-refractivity contribution in [2.75, 3.05) is 6.79 Å². The highest BCUT2D eigenvalue weighted by Crippen LogP contribution is 2.40. The number of hydrogen-bond donors (Lipinski definition) is 1. The predicted molar refractivity (Wildman–Crippen MR) is 104 cm³/mol. The molecule has 8 heteroatoms. The van der Waals surface area contributed by atoms with Gasteiger partial charge in [-0.05, 0) is 42.3 Å². The monoisotopic (exact) mass is 398 g/mol. The van der Waals surface area contributed by atoms with Gasteiger partial charge >= 0.3 is 5.97 Å². The Morgan fingerprint density at radius 1 is 1.36 bits per heavy atom. The van der Waals surface area contributed by atoms with Crippen LogP contribution in [-0.2, 0) is 16.1 Å². The first kappa shape index (κ1) is 18.1. The normalized spacial score (nSPS) is 12.6. The molecule has 0 unspecified atom stereocenters. The first-order chi connectivity index (χ1) is 13.5. The number of esters is 1. The summed E-state index contributed by atoms with van der Waals surface area (Å²) in [6, 6.07) is 8.72. The summed E-state index contributed by atoms with van der Waals surface area (Å²) in [5.74, 6) is 0.706. The van der Waals surface area contributed by atoms with Gasteiger partial charge < -0.3 is 19.2 Å². The average molecular weight is 399 g/mol. The van der Waals surface area contributed by atoms with Crippen molar-refractivity contribution in [1.29, 1.82) is 0 Å². The molecular formula is C20H15ClN2O5. The van der Waals surface area contributed by atoms with Crippen LogP contribution in [0.15, 0.2) is 41.2 Å². The van der Waals surface area contributed by atoms with Gasteiger partial charge in [-0.3, -0.25) is 4.79 Å². The van der Waals surface area contributed by atoms with E-state index in [0.29, 0.717) is 33.0 Å². The van der Waals surface area contributed by atoms with E-state index < -0.39 is 5.97 Å². The molecule has 0 saturated carbocycles. The van der Waals surface area contributed by atoms with E-state index in [2.05, 4.69) is 9.97 Å². The molecular weight excluding hydrogens is 384 g/mol. The zero-order valence-electron chi connectivity index (χ0n) is 14.8. The molecule has 0 atom stereocenters. The van der Waals surface area contributed by atoms with Gasteiger partial charge in [-0.1, -0.05) is 23.7 Å². The Bertz CT molecular complexity index is 1170. The number of carbonyl (C=O) groups excluding carboxylic acids is 1. The standard InChI is InChI=1S/C20H15ClN2O5/c1-11-3-2-4-13-18(11)22-16(23-20(13)25)9-26-17(24)6-5-12-7-14(21)19-15(8-12)27-10-28-19/h2-8H,9-10H2,1H3,(H,22,23,25). The summed E-state index contributed by atoms with van der Waals surface area (Å²) in [4.78, 5) is 31.2. The highest BCUT2D eigenvalue weighted by atomic mass is 35.5. The van der Waals surface area contributed by atoms with E-state index in [-0.39, 0.29) is 24.8 Å². The summed E-state index contributed by atoms with van der Waals surface area (Å²) in [5, 5.41) is 0.894. The third-order valence-electron chi connectivity index (χ3n) is 4.20. The smallest absolute Gasteiger partial charge is 0.331 e.